The summed E-state index contributed by atoms with van der Waals surface area (Å²) in [6.45, 7) is 1.79. The summed E-state index contributed by atoms with van der Waals surface area (Å²) in [5.41, 5.74) is 0.0379. The van der Waals surface area contributed by atoms with Gasteiger partial charge in [0.15, 0.2) is 11.3 Å². The zero-order valence-corrected chi connectivity index (χ0v) is 11.1. The van der Waals surface area contributed by atoms with Gasteiger partial charge in [-0.3, -0.25) is 0 Å². The Bertz CT molecular complexity index is 644. The normalized spacial score (nSPS) is 12.4. The smallest absolute Gasteiger partial charge is 0.342 e. The van der Waals surface area contributed by atoms with Crippen LogP contribution in [0, 0.1) is 0 Å². The predicted octanol–water partition coefficient (Wildman–Crippen LogP) is 2.25. The Balaban J connectivity index is 2.74. The number of benzene rings is 1. The first-order chi connectivity index (χ1) is 9.10. The molecule has 5 nitrogen and oxygen atoms in total. The Morgan fingerprint density at radius 2 is 2.00 bits per heavy atom. The third-order valence-electron chi connectivity index (χ3n) is 3.00. The lowest BCUT2D eigenvalue weighted by molar-refractivity contribution is 0.169. The van der Waals surface area contributed by atoms with Crippen LogP contribution in [0.2, 0.25) is 0 Å². The molecular weight excluding hydrogens is 248 g/mol. The van der Waals surface area contributed by atoms with Crippen molar-refractivity contribution >= 4 is 11.0 Å². The predicted molar refractivity (Wildman–Crippen MR) is 70.8 cm³/mol. The van der Waals surface area contributed by atoms with Crippen molar-refractivity contribution in [2.75, 3.05) is 14.2 Å². The molecule has 0 saturated heterocycles. The average Bonchev–Trinajstić information content (AvgIpc) is 2.44. The largest absolute Gasteiger partial charge is 0.497 e. The van der Waals surface area contributed by atoms with Crippen molar-refractivity contribution in [2.45, 2.75) is 19.4 Å². The van der Waals surface area contributed by atoms with Crippen molar-refractivity contribution in [3.63, 3.8) is 0 Å². The standard InChI is InChI=1S/C14H16O5/c1-4-11(15)10-6-8-5-9(17-2)7-12(18-3)13(8)19-14(10)16/h5-7,11,15H,4H2,1-3H3. The molecule has 0 radical (unpaired) electrons. The van der Waals surface area contributed by atoms with Crippen molar-refractivity contribution in [1.29, 1.82) is 0 Å². The van der Waals surface area contributed by atoms with Gasteiger partial charge in [0.1, 0.15) is 5.75 Å². The topological polar surface area (TPSA) is 68.9 Å². The molecule has 1 atom stereocenters. The highest BCUT2D eigenvalue weighted by Gasteiger charge is 2.15. The molecule has 102 valence electrons. The summed E-state index contributed by atoms with van der Waals surface area (Å²) in [5, 5.41) is 10.5. The summed E-state index contributed by atoms with van der Waals surface area (Å²) in [6.07, 6.45) is -0.393. The average molecular weight is 264 g/mol. The molecule has 2 aromatic rings. The fourth-order valence-corrected chi connectivity index (χ4v) is 1.91. The van der Waals surface area contributed by atoms with E-state index in [0.717, 1.165) is 0 Å². The SMILES string of the molecule is CCC(O)c1cc2cc(OC)cc(OC)c2oc1=O. The summed E-state index contributed by atoms with van der Waals surface area (Å²) in [7, 11) is 3.03. The number of aliphatic hydroxyl groups excluding tert-OH is 1. The van der Waals surface area contributed by atoms with E-state index < -0.39 is 11.7 Å². The number of fused-ring (bicyclic) bond motifs is 1. The van der Waals surface area contributed by atoms with Gasteiger partial charge in [0.2, 0.25) is 0 Å². The summed E-state index contributed by atoms with van der Waals surface area (Å²) in [4.78, 5) is 11.8. The molecule has 1 N–H and O–H groups in total. The van der Waals surface area contributed by atoms with Gasteiger partial charge in [-0.2, -0.15) is 0 Å². The molecule has 0 aliphatic heterocycles. The fourth-order valence-electron chi connectivity index (χ4n) is 1.91. The molecular formula is C14H16O5. The second-order valence-electron chi connectivity index (χ2n) is 4.16. The van der Waals surface area contributed by atoms with E-state index in [1.807, 2.05) is 0 Å². The van der Waals surface area contributed by atoms with Crippen LogP contribution in [-0.4, -0.2) is 19.3 Å². The van der Waals surface area contributed by atoms with E-state index >= 15 is 0 Å². The van der Waals surface area contributed by atoms with Gasteiger partial charge in [-0.25, -0.2) is 4.79 Å². The lowest BCUT2D eigenvalue weighted by Gasteiger charge is -2.10. The minimum atomic E-state index is -0.835. The highest BCUT2D eigenvalue weighted by molar-refractivity contribution is 5.84. The van der Waals surface area contributed by atoms with E-state index in [4.69, 9.17) is 13.9 Å². The number of methoxy groups -OCH3 is 2. The van der Waals surface area contributed by atoms with Gasteiger partial charge in [-0.15, -0.1) is 0 Å². The van der Waals surface area contributed by atoms with Gasteiger partial charge >= 0.3 is 5.63 Å². The van der Waals surface area contributed by atoms with E-state index in [9.17, 15) is 9.90 Å². The van der Waals surface area contributed by atoms with E-state index in [1.165, 1.54) is 7.11 Å². The molecule has 0 saturated carbocycles. The van der Waals surface area contributed by atoms with Gasteiger partial charge < -0.3 is 19.0 Å². The third kappa shape index (κ3) is 2.42. The van der Waals surface area contributed by atoms with Crippen molar-refractivity contribution in [3.8, 4) is 11.5 Å². The maximum absolute atomic E-state index is 11.8. The molecule has 0 fully saturated rings. The van der Waals surface area contributed by atoms with Crippen molar-refractivity contribution in [3.05, 3.63) is 34.2 Å². The molecule has 2 rings (SSSR count). The van der Waals surface area contributed by atoms with Crippen LogP contribution in [0.3, 0.4) is 0 Å². The van der Waals surface area contributed by atoms with Crippen LogP contribution < -0.4 is 15.1 Å². The second kappa shape index (κ2) is 5.32. The first-order valence-electron chi connectivity index (χ1n) is 5.98. The Morgan fingerprint density at radius 3 is 2.58 bits per heavy atom. The zero-order chi connectivity index (χ0) is 14.0. The van der Waals surface area contributed by atoms with Crippen LogP contribution in [0.5, 0.6) is 11.5 Å². The number of hydrogen-bond donors (Lipinski definition) is 1. The summed E-state index contributed by atoms with van der Waals surface area (Å²) < 4.78 is 15.6. The van der Waals surface area contributed by atoms with Crippen LogP contribution in [0.4, 0.5) is 0 Å². The summed E-state index contributed by atoms with van der Waals surface area (Å²) in [5.74, 6) is 1.01. The first kappa shape index (κ1) is 13.4. The third-order valence-corrected chi connectivity index (χ3v) is 3.00. The molecule has 1 heterocycles. The molecule has 5 heteroatoms. The summed E-state index contributed by atoms with van der Waals surface area (Å²) >= 11 is 0. The lowest BCUT2D eigenvalue weighted by atomic mass is 10.1. The maximum Gasteiger partial charge on any atom is 0.342 e. The van der Waals surface area contributed by atoms with Crippen LogP contribution in [0.25, 0.3) is 11.0 Å². The van der Waals surface area contributed by atoms with Crippen LogP contribution >= 0.6 is 0 Å². The van der Waals surface area contributed by atoms with E-state index in [0.29, 0.717) is 28.9 Å². The molecule has 19 heavy (non-hydrogen) atoms. The van der Waals surface area contributed by atoms with Crippen molar-refractivity contribution < 1.29 is 19.0 Å². The van der Waals surface area contributed by atoms with Gasteiger partial charge in [0.05, 0.1) is 25.9 Å². The quantitative estimate of drug-likeness (QED) is 0.858. The molecule has 1 aromatic heterocycles. The maximum atomic E-state index is 11.8. The zero-order valence-electron chi connectivity index (χ0n) is 11.1. The minimum absolute atomic E-state index is 0.241. The van der Waals surface area contributed by atoms with Crippen molar-refractivity contribution in [2.24, 2.45) is 0 Å². The lowest BCUT2D eigenvalue weighted by Crippen LogP contribution is -2.11. The first-order valence-corrected chi connectivity index (χ1v) is 5.98. The monoisotopic (exact) mass is 264 g/mol. The van der Waals surface area contributed by atoms with E-state index in [-0.39, 0.29) is 5.56 Å². The number of ether oxygens (including phenoxy) is 2. The Hall–Kier alpha value is -2.01. The van der Waals surface area contributed by atoms with Crippen LogP contribution in [0.15, 0.2) is 27.4 Å². The molecule has 1 aromatic carbocycles. The summed E-state index contributed by atoms with van der Waals surface area (Å²) in [6, 6.07) is 4.98. The Morgan fingerprint density at radius 1 is 1.26 bits per heavy atom. The van der Waals surface area contributed by atoms with Gasteiger partial charge in [-0.05, 0) is 18.6 Å². The van der Waals surface area contributed by atoms with E-state index in [1.54, 1.807) is 32.2 Å². The minimum Gasteiger partial charge on any atom is -0.497 e. The van der Waals surface area contributed by atoms with Crippen LogP contribution in [0.1, 0.15) is 25.0 Å². The number of rotatable bonds is 4. The molecule has 0 aliphatic rings. The Kier molecular flexibility index (Phi) is 3.76. The van der Waals surface area contributed by atoms with Gasteiger partial charge in [-0.1, -0.05) is 6.92 Å². The molecule has 0 bridgehead atoms. The Labute approximate surface area is 110 Å². The van der Waals surface area contributed by atoms with Gasteiger partial charge in [0.25, 0.3) is 0 Å². The molecule has 0 spiro atoms. The molecule has 1 unspecified atom stereocenters. The van der Waals surface area contributed by atoms with E-state index in [2.05, 4.69) is 0 Å². The molecule has 0 amide bonds. The number of hydrogen-bond acceptors (Lipinski definition) is 5. The highest BCUT2D eigenvalue weighted by Crippen LogP contribution is 2.31. The number of aliphatic hydroxyl groups is 1. The fraction of sp³-hybridized carbons (Fsp3) is 0.357. The van der Waals surface area contributed by atoms with Crippen molar-refractivity contribution in [1.82, 2.24) is 0 Å². The second-order valence-corrected chi connectivity index (χ2v) is 4.16. The highest BCUT2D eigenvalue weighted by atomic mass is 16.5. The van der Waals surface area contributed by atoms with Crippen LogP contribution in [-0.2, 0) is 0 Å². The molecule has 0 aliphatic carbocycles. The van der Waals surface area contributed by atoms with Gasteiger partial charge in [0, 0.05) is 11.5 Å².